The summed E-state index contributed by atoms with van der Waals surface area (Å²) >= 11 is 2.22. The van der Waals surface area contributed by atoms with Crippen LogP contribution in [0.25, 0.3) is 6.08 Å². The van der Waals surface area contributed by atoms with Gasteiger partial charge in [-0.2, -0.15) is 0 Å². The second kappa shape index (κ2) is 5.82. The molecule has 0 aromatic heterocycles. The fourth-order valence-corrected chi connectivity index (χ4v) is 2.11. The van der Waals surface area contributed by atoms with Gasteiger partial charge in [0.05, 0.1) is 5.56 Å². The molecular formula is C15H11IO2. The van der Waals surface area contributed by atoms with Gasteiger partial charge in [-0.25, -0.2) is 0 Å². The molecule has 3 heteroatoms. The maximum atomic E-state index is 11.9. The largest absolute Gasteiger partial charge is 0.507 e. The van der Waals surface area contributed by atoms with Crippen molar-refractivity contribution in [1.29, 1.82) is 0 Å². The van der Waals surface area contributed by atoms with E-state index < -0.39 is 0 Å². The van der Waals surface area contributed by atoms with Crippen molar-refractivity contribution in [2.24, 2.45) is 0 Å². The van der Waals surface area contributed by atoms with Gasteiger partial charge in [-0.15, -0.1) is 0 Å². The Morgan fingerprint density at radius 2 is 1.72 bits per heavy atom. The lowest BCUT2D eigenvalue weighted by atomic mass is 10.1. The maximum absolute atomic E-state index is 11.9. The molecule has 2 nitrogen and oxygen atoms in total. The second-order valence-electron chi connectivity index (χ2n) is 3.74. The van der Waals surface area contributed by atoms with Crippen LogP contribution in [-0.4, -0.2) is 10.9 Å². The first-order valence-corrected chi connectivity index (χ1v) is 6.51. The summed E-state index contributed by atoms with van der Waals surface area (Å²) in [5.41, 5.74) is 1.31. The van der Waals surface area contributed by atoms with Crippen molar-refractivity contribution < 1.29 is 9.90 Å². The summed E-state index contributed by atoms with van der Waals surface area (Å²) in [5.74, 6) is -0.192. The Morgan fingerprint density at radius 1 is 1.06 bits per heavy atom. The lowest BCUT2D eigenvalue weighted by Gasteiger charge is -2.00. The molecule has 0 unspecified atom stereocenters. The number of para-hydroxylation sites is 1. The Hall–Kier alpha value is -1.62. The molecule has 2 rings (SSSR count). The highest BCUT2D eigenvalue weighted by atomic mass is 127. The third-order valence-electron chi connectivity index (χ3n) is 2.49. The Bertz CT molecular complexity index is 603. The minimum Gasteiger partial charge on any atom is -0.507 e. The number of carbonyl (C=O) groups is 1. The number of hydrogen-bond donors (Lipinski definition) is 1. The van der Waals surface area contributed by atoms with Gasteiger partial charge in [0.2, 0.25) is 0 Å². The monoisotopic (exact) mass is 350 g/mol. The molecule has 0 radical (unpaired) electrons. The Labute approximate surface area is 119 Å². The van der Waals surface area contributed by atoms with Gasteiger partial charge in [0.1, 0.15) is 5.75 Å². The van der Waals surface area contributed by atoms with Crippen LogP contribution in [0, 0.1) is 3.57 Å². The Balaban J connectivity index is 2.23. The van der Waals surface area contributed by atoms with E-state index in [-0.39, 0.29) is 11.5 Å². The van der Waals surface area contributed by atoms with E-state index in [1.54, 1.807) is 24.3 Å². The van der Waals surface area contributed by atoms with E-state index in [0.717, 1.165) is 9.13 Å². The molecule has 0 aliphatic heterocycles. The summed E-state index contributed by atoms with van der Waals surface area (Å²) in [7, 11) is 0. The molecule has 18 heavy (non-hydrogen) atoms. The van der Waals surface area contributed by atoms with Crippen LogP contribution >= 0.6 is 22.6 Å². The van der Waals surface area contributed by atoms with E-state index in [1.165, 1.54) is 12.1 Å². The van der Waals surface area contributed by atoms with E-state index in [0.29, 0.717) is 5.56 Å². The van der Waals surface area contributed by atoms with Gasteiger partial charge in [0.15, 0.2) is 5.78 Å². The summed E-state index contributed by atoms with van der Waals surface area (Å²) in [6, 6.07) is 14.3. The fraction of sp³-hybridized carbons (Fsp3) is 0. The maximum Gasteiger partial charge on any atom is 0.189 e. The van der Waals surface area contributed by atoms with Gasteiger partial charge in [0.25, 0.3) is 0 Å². The lowest BCUT2D eigenvalue weighted by Crippen LogP contribution is -1.94. The zero-order valence-corrected chi connectivity index (χ0v) is 11.7. The first-order chi connectivity index (χ1) is 8.68. The average Bonchev–Trinajstić information content (AvgIpc) is 2.38. The zero-order valence-electron chi connectivity index (χ0n) is 9.51. The first kappa shape index (κ1) is 12.8. The molecule has 0 atom stereocenters. The van der Waals surface area contributed by atoms with Crippen molar-refractivity contribution in [3.05, 3.63) is 69.3 Å². The molecule has 1 N–H and O–H groups in total. The summed E-state index contributed by atoms with van der Waals surface area (Å²) in [4.78, 5) is 11.9. The minimum atomic E-state index is -0.201. The molecule has 0 aliphatic rings. The van der Waals surface area contributed by atoms with Crippen LogP contribution in [-0.2, 0) is 0 Å². The first-order valence-electron chi connectivity index (χ1n) is 5.43. The summed E-state index contributed by atoms with van der Waals surface area (Å²) in [6.07, 6.45) is 3.24. The van der Waals surface area contributed by atoms with Crippen molar-refractivity contribution in [3.63, 3.8) is 0 Å². The molecule has 0 spiro atoms. The third kappa shape index (κ3) is 2.98. The highest BCUT2D eigenvalue weighted by Crippen LogP contribution is 2.18. The molecule has 2 aromatic carbocycles. The number of phenols is 1. The highest BCUT2D eigenvalue weighted by molar-refractivity contribution is 14.1. The van der Waals surface area contributed by atoms with Crippen molar-refractivity contribution in [2.45, 2.75) is 0 Å². The number of phenolic OH excluding ortho intramolecular Hbond substituents is 1. The van der Waals surface area contributed by atoms with Crippen LogP contribution in [0.2, 0.25) is 0 Å². The molecule has 0 saturated carbocycles. The van der Waals surface area contributed by atoms with E-state index in [9.17, 15) is 9.90 Å². The number of aromatic hydroxyl groups is 1. The topological polar surface area (TPSA) is 37.3 Å². The molecule has 0 aliphatic carbocycles. The van der Waals surface area contributed by atoms with Crippen molar-refractivity contribution in [2.75, 3.05) is 0 Å². The van der Waals surface area contributed by atoms with Crippen molar-refractivity contribution in [1.82, 2.24) is 0 Å². The third-order valence-corrected chi connectivity index (χ3v) is 3.47. The van der Waals surface area contributed by atoms with Crippen LogP contribution in [0.15, 0.2) is 54.6 Å². The summed E-state index contributed by atoms with van der Waals surface area (Å²) in [6.45, 7) is 0. The van der Waals surface area contributed by atoms with Gasteiger partial charge < -0.3 is 5.11 Å². The fourth-order valence-electron chi connectivity index (χ4n) is 1.55. The standard InChI is InChI=1S/C15H11IO2/c16-13-7-3-1-5-11(13)9-10-15(18)12-6-2-4-8-14(12)17/h1-10,17H/b10-9+. The van der Waals surface area contributed by atoms with E-state index in [2.05, 4.69) is 22.6 Å². The lowest BCUT2D eigenvalue weighted by molar-refractivity contribution is 0.104. The van der Waals surface area contributed by atoms with Crippen LogP contribution in [0.5, 0.6) is 5.75 Å². The number of benzene rings is 2. The summed E-state index contributed by atoms with van der Waals surface area (Å²) in [5, 5.41) is 9.58. The molecule has 0 fully saturated rings. The number of ketones is 1. The van der Waals surface area contributed by atoms with E-state index in [4.69, 9.17) is 0 Å². The van der Waals surface area contributed by atoms with Gasteiger partial charge >= 0.3 is 0 Å². The number of carbonyl (C=O) groups excluding carboxylic acids is 1. The van der Waals surface area contributed by atoms with Crippen molar-refractivity contribution >= 4 is 34.5 Å². The average molecular weight is 350 g/mol. The molecule has 0 bridgehead atoms. The van der Waals surface area contributed by atoms with Crippen molar-refractivity contribution in [3.8, 4) is 5.75 Å². The predicted octanol–water partition coefficient (Wildman–Crippen LogP) is 3.89. The minimum absolute atomic E-state index is 0.00917. The molecule has 0 amide bonds. The zero-order chi connectivity index (χ0) is 13.0. The number of halogens is 1. The van der Waals surface area contributed by atoms with Gasteiger partial charge in [-0.3, -0.25) is 4.79 Å². The van der Waals surface area contributed by atoms with E-state index >= 15 is 0 Å². The smallest absolute Gasteiger partial charge is 0.189 e. The van der Waals surface area contributed by atoms with Crippen LogP contribution in [0.3, 0.4) is 0 Å². The number of hydrogen-bond acceptors (Lipinski definition) is 2. The molecule has 90 valence electrons. The molecule has 2 aromatic rings. The van der Waals surface area contributed by atoms with Crippen LogP contribution in [0.1, 0.15) is 15.9 Å². The Kier molecular flexibility index (Phi) is 4.15. The quantitative estimate of drug-likeness (QED) is 0.518. The van der Waals surface area contributed by atoms with E-state index in [1.807, 2.05) is 24.3 Å². The van der Waals surface area contributed by atoms with Crippen LogP contribution in [0.4, 0.5) is 0 Å². The van der Waals surface area contributed by atoms with Gasteiger partial charge in [0, 0.05) is 3.57 Å². The predicted molar refractivity (Wildman–Crippen MR) is 80.6 cm³/mol. The summed E-state index contributed by atoms with van der Waals surface area (Å²) < 4.78 is 1.08. The molecular weight excluding hydrogens is 339 g/mol. The molecule has 0 saturated heterocycles. The normalized spacial score (nSPS) is 10.7. The SMILES string of the molecule is O=C(/C=C/c1ccccc1I)c1ccccc1O. The Morgan fingerprint density at radius 3 is 2.44 bits per heavy atom. The van der Waals surface area contributed by atoms with Gasteiger partial charge in [-0.05, 0) is 52.4 Å². The number of allylic oxidation sites excluding steroid dienone is 1. The molecule has 0 heterocycles. The number of rotatable bonds is 3. The van der Waals surface area contributed by atoms with Gasteiger partial charge in [-0.1, -0.05) is 36.4 Å². The van der Waals surface area contributed by atoms with Crippen LogP contribution < -0.4 is 0 Å². The highest BCUT2D eigenvalue weighted by Gasteiger charge is 2.06. The second-order valence-corrected chi connectivity index (χ2v) is 4.90.